The summed E-state index contributed by atoms with van der Waals surface area (Å²) in [7, 11) is 1.69. The van der Waals surface area contributed by atoms with Crippen molar-refractivity contribution in [3.05, 3.63) is 40.5 Å². The Morgan fingerprint density at radius 1 is 1.33 bits per heavy atom. The molecular weight excluding hydrogens is 282 g/mol. The van der Waals surface area contributed by atoms with Gasteiger partial charge < -0.3 is 10.5 Å². The van der Waals surface area contributed by atoms with Crippen LogP contribution in [0, 0.1) is 13.8 Å². The van der Waals surface area contributed by atoms with Crippen LogP contribution in [-0.4, -0.2) is 23.0 Å². The van der Waals surface area contributed by atoms with E-state index < -0.39 is 0 Å². The lowest BCUT2D eigenvalue weighted by atomic mass is 10.1. The van der Waals surface area contributed by atoms with Crippen LogP contribution >= 0.6 is 11.3 Å². The Balaban J connectivity index is 2.16. The number of hydrogen-bond acceptors (Lipinski definition) is 4. The molecule has 0 radical (unpaired) electrons. The Morgan fingerprint density at radius 3 is 2.81 bits per heavy atom. The van der Waals surface area contributed by atoms with E-state index in [1.165, 1.54) is 10.6 Å². The van der Waals surface area contributed by atoms with E-state index in [0.29, 0.717) is 6.54 Å². The van der Waals surface area contributed by atoms with Crippen molar-refractivity contribution < 1.29 is 4.74 Å². The van der Waals surface area contributed by atoms with Crippen LogP contribution in [0.2, 0.25) is 0 Å². The molecule has 0 aliphatic heterocycles. The number of hydrogen-bond donors (Lipinski definition) is 1. The second-order valence-electron chi connectivity index (χ2n) is 5.12. The van der Waals surface area contributed by atoms with Gasteiger partial charge in [0.15, 0.2) is 4.96 Å². The van der Waals surface area contributed by atoms with Gasteiger partial charge in [-0.1, -0.05) is 0 Å². The molecule has 110 valence electrons. The molecule has 0 aliphatic carbocycles. The van der Waals surface area contributed by atoms with Crippen molar-refractivity contribution in [1.82, 2.24) is 9.38 Å². The van der Waals surface area contributed by atoms with E-state index in [2.05, 4.69) is 29.7 Å². The van der Waals surface area contributed by atoms with Crippen LogP contribution in [-0.2, 0) is 6.42 Å². The molecule has 0 aliphatic rings. The molecule has 0 saturated heterocycles. The molecule has 21 heavy (non-hydrogen) atoms. The molecule has 1 aromatic carbocycles. The Morgan fingerprint density at radius 2 is 2.14 bits per heavy atom. The summed E-state index contributed by atoms with van der Waals surface area (Å²) in [5.41, 5.74) is 10.2. The summed E-state index contributed by atoms with van der Waals surface area (Å²) in [5.74, 6) is 0.899. The summed E-state index contributed by atoms with van der Waals surface area (Å²) < 4.78 is 7.50. The largest absolute Gasteiger partial charge is 0.496 e. The summed E-state index contributed by atoms with van der Waals surface area (Å²) >= 11 is 1.71. The minimum Gasteiger partial charge on any atom is -0.496 e. The number of ether oxygens (including phenoxy) is 1. The number of rotatable bonds is 4. The Hall–Kier alpha value is -1.85. The highest BCUT2D eigenvalue weighted by molar-refractivity contribution is 7.17. The molecular formula is C16H19N3OS. The summed E-state index contributed by atoms with van der Waals surface area (Å²) in [6.45, 7) is 4.76. The van der Waals surface area contributed by atoms with Crippen molar-refractivity contribution in [3.63, 3.8) is 0 Å². The fourth-order valence-electron chi connectivity index (χ4n) is 2.63. The highest BCUT2D eigenvalue weighted by Gasteiger charge is 2.16. The number of nitrogens with two attached hydrogens (primary N) is 1. The fraction of sp³-hybridized carbons (Fsp3) is 0.312. The van der Waals surface area contributed by atoms with Gasteiger partial charge in [0.1, 0.15) is 5.75 Å². The van der Waals surface area contributed by atoms with E-state index in [9.17, 15) is 0 Å². The Kier molecular flexibility index (Phi) is 3.69. The first-order valence-electron chi connectivity index (χ1n) is 6.96. The minimum absolute atomic E-state index is 0.616. The topological polar surface area (TPSA) is 52.5 Å². The van der Waals surface area contributed by atoms with E-state index in [4.69, 9.17) is 15.5 Å². The van der Waals surface area contributed by atoms with Crippen LogP contribution in [0.3, 0.4) is 0 Å². The van der Waals surface area contributed by atoms with Crippen molar-refractivity contribution in [2.24, 2.45) is 5.73 Å². The number of aromatic nitrogens is 2. The van der Waals surface area contributed by atoms with Crippen molar-refractivity contribution in [2.45, 2.75) is 20.3 Å². The van der Waals surface area contributed by atoms with Gasteiger partial charge in [0, 0.05) is 23.1 Å². The predicted octanol–water partition coefficient (Wildman–Crippen LogP) is 3.19. The number of imidazole rings is 1. The van der Waals surface area contributed by atoms with Crippen LogP contribution in [0.15, 0.2) is 24.4 Å². The zero-order valence-electron chi connectivity index (χ0n) is 12.5. The first-order chi connectivity index (χ1) is 10.1. The lowest BCUT2D eigenvalue weighted by Gasteiger charge is -2.07. The number of methoxy groups -OCH3 is 1. The lowest BCUT2D eigenvalue weighted by molar-refractivity contribution is 0.412. The van der Waals surface area contributed by atoms with Crippen molar-refractivity contribution in [2.75, 3.05) is 13.7 Å². The highest BCUT2D eigenvalue weighted by Crippen LogP contribution is 2.31. The minimum atomic E-state index is 0.616. The van der Waals surface area contributed by atoms with Gasteiger partial charge >= 0.3 is 0 Å². The van der Waals surface area contributed by atoms with Crippen LogP contribution in [0.4, 0.5) is 0 Å². The van der Waals surface area contributed by atoms with Crippen molar-refractivity contribution >= 4 is 16.3 Å². The molecule has 4 nitrogen and oxygen atoms in total. The van der Waals surface area contributed by atoms with Gasteiger partial charge in [-0.15, -0.1) is 11.3 Å². The third kappa shape index (κ3) is 2.43. The highest BCUT2D eigenvalue weighted by atomic mass is 32.1. The van der Waals surface area contributed by atoms with Gasteiger partial charge in [-0.25, -0.2) is 4.98 Å². The molecule has 0 bridgehead atoms. The summed E-state index contributed by atoms with van der Waals surface area (Å²) in [6, 6.07) is 6.18. The molecule has 3 aromatic rings. The second-order valence-corrected chi connectivity index (χ2v) is 6.34. The van der Waals surface area contributed by atoms with E-state index >= 15 is 0 Å². The van der Waals surface area contributed by atoms with Gasteiger partial charge in [0.05, 0.1) is 18.5 Å². The smallest absolute Gasteiger partial charge is 0.194 e. The number of thiazole rings is 1. The standard InChI is InChI=1S/C16H19N3OS/c1-10-8-12(4-5-14(10)20-3)15-13(6-7-17)19-9-11(2)21-16(19)18-15/h4-5,8-9H,6-7,17H2,1-3H3. The van der Waals surface area contributed by atoms with Gasteiger partial charge in [-0.2, -0.15) is 0 Å². The maximum absolute atomic E-state index is 5.78. The monoisotopic (exact) mass is 301 g/mol. The van der Waals surface area contributed by atoms with Crippen LogP contribution < -0.4 is 10.5 Å². The van der Waals surface area contributed by atoms with Gasteiger partial charge in [-0.05, 0) is 44.2 Å². The van der Waals surface area contributed by atoms with Gasteiger partial charge in [-0.3, -0.25) is 4.40 Å². The third-order valence-corrected chi connectivity index (χ3v) is 4.49. The molecule has 0 spiro atoms. The average molecular weight is 301 g/mol. The van der Waals surface area contributed by atoms with Crippen LogP contribution in [0.5, 0.6) is 5.75 Å². The van der Waals surface area contributed by atoms with Gasteiger partial charge in [0.25, 0.3) is 0 Å². The summed E-state index contributed by atoms with van der Waals surface area (Å²) in [4.78, 5) is 7.09. The number of fused-ring (bicyclic) bond motifs is 1. The normalized spacial score (nSPS) is 11.2. The first-order valence-corrected chi connectivity index (χ1v) is 7.78. The van der Waals surface area contributed by atoms with Gasteiger partial charge in [0.2, 0.25) is 0 Å². The number of aryl methyl sites for hydroxylation is 2. The Bertz CT molecular complexity index is 788. The van der Waals surface area contributed by atoms with E-state index in [-0.39, 0.29) is 0 Å². The van der Waals surface area contributed by atoms with E-state index in [1.54, 1.807) is 18.4 Å². The average Bonchev–Trinajstić information content (AvgIpc) is 2.97. The molecule has 0 amide bonds. The molecule has 0 unspecified atom stereocenters. The lowest BCUT2D eigenvalue weighted by Crippen LogP contribution is -2.05. The maximum atomic E-state index is 5.78. The zero-order valence-corrected chi connectivity index (χ0v) is 13.3. The quantitative estimate of drug-likeness (QED) is 0.805. The maximum Gasteiger partial charge on any atom is 0.194 e. The third-order valence-electron chi connectivity index (χ3n) is 3.59. The second kappa shape index (κ2) is 5.50. The number of benzene rings is 1. The van der Waals surface area contributed by atoms with Crippen LogP contribution in [0.25, 0.3) is 16.2 Å². The molecule has 3 rings (SSSR count). The van der Waals surface area contributed by atoms with Crippen molar-refractivity contribution in [3.8, 4) is 17.0 Å². The van der Waals surface area contributed by atoms with E-state index in [0.717, 1.165) is 34.0 Å². The molecule has 5 heteroatoms. The first kappa shape index (κ1) is 14.1. The molecule has 0 saturated carbocycles. The SMILES string of the molecule is COc1ccc(-c2nc3sc(C)cn3c2CCN)cc1C. The zero-order chi connectivity index (χ0) is 15.0. The molecule has 2 aromatic heterocycles. The summed E-state index contributed by atoms with van der Waals surface area (Å²) in [5, 5.41) is 0. The van der Waals surface area contributed by atoms with Crippen LogP contribution in [0.1, 0.15) is 16.1 Å². The summed E-state index contributed by atoms with van der Waals surface area (Å²) in [6.07, 6.45) is 2.95. The predicted molar refractivity (Wildman–Crippen MR) is 87.3 cm³/mol. The van der Waals surface area contributed by atoms with Crippen molar-refractivity contribution in [1.29, 1.82) is 0 Å². The number of nitrogens with zero attached hydrogens (tertiary/aromatic N) is 2. The molecule has 0 atom stereocenters. The molecule has 0 fully saturated rings. The van der Waals surface area contributed by atoms with E-state index in [1.807, 2.05) is 13.0 Å². The molecule has 2 N–H and O–H groups in total. The molecule has 2 heterocycles. The Labute approximate surface area is 128 Å². The fourth-order valence-corrected chi connectivity index (χ4v) is 3.48.